The summed E-state index contributed by atoms with van der Waals surface area (Å²) in [6.07, 6.45) is 1.96. The van der Waals surface area contributed by atoms with Crippen molar-refractivity contribution in [2.45, 2.75) is 19.8 Å². The van der Waals surface area contributed by atoms with E-state index in [0.717, 1.165) is 49.5 Å². The predicted molar refractivity (Wildman–Crippen MR) is 74.5 cm³/mol. The third kappa shape index (κ3) is 3.89. The first kappa shape index (κ1) is 14.8. The number of methoxy groups -OCH3 is 2. The van der Waals surface area contributed by atoms with E-state index in [4.69, 9.17) is 15.2 Å². The molecule has 1 rings (SSSR count). The molecule has 0 unspecified atom stereocenters. The van der Waals surface area contributed by atoms with Crippen LogP contribution >= 0.6 is 0 Å². The Bertz CT molecular complexity index is 367. The second-order valence-electron chi connectivity index (χ2n) is 4.23. The van der Waals surface area contributed by atoms with Crippen LogP contribution in [0.5, 0.6) is 11.5 Å². The minimum absolute atomic E-state index is 0.734. The van der Waals surface area contributed by atoms with Crippen LogP contribution in [0.3, 0.4) is 0 Å². The molecule has 0 atom stereocenters. The third-order valence-electron chi connectivity index (χ3n) is 2.99. The van der Waals surface area contributed by atoms with Gasteiger partial charge in [-0.25, -0.2) is 0 Å². The van der Waals surface area contributed by atoms with Crippen LogP contribution in [0.15, 0.2) is 12.1 Å². The second kappa shape index (κ2) is 7.95. The van der Waals surface area contributed by atoms with E-state index in [2.05, 4.69) is 11.4 Å². The molecule has 4 heteroatoms. The van der Waals surface area contributed by atoms with Crippen LogP contribution in [-0.4, -0.2) is 33.9 Å². The largest absolute Gasteiger partial charge is 0.496 e. The van der Waals surface area contributed by atoms with Gasteiger partial charge in [0.05, 0.1) is 14.2 Å². The van der Waals surface area contributed by atoms with Crippen LogP contribution in [0.25, 0.3) is 0 Å². The summed E-state index contributed by atoms with van der Waals surface area (Å²) in [6.45, 7) is 4.65. The van der Waals surface area contributed by atoms with Gasteiger partial charge >= 0.3 is 0 Å². The SMILES string of the molecule is COc1ccc(CCNCCCN)c(OC)c1C. The van der Waals surface area contributed by atoms with Gasteiger partial charge in [0.2, 0.25) is 0 Å². The average Bonchev–Trinajstić information content (AvgIpc) is 2.39. The van der Waals surface area contributed by atoms with Crippen LogP contribution < -0.4 is 20.5 Å². The van der Waals surface area contributed by atoms with Crippen molar-refractivity contribution in [1.29, 1.82) is 0 Å². The monoisotopic (exact) mass is 252 g/mol. The third-order valence-corrected chi connectivity index (χ3v) is 2.99. The quantitative estimate of drug-likeness (QED) is 0.688. The molecule has 3 N–H and O–H groups in total. The van der Waals surface area contributed by atoms with Crippen molar-refractivity contribution >= 4 is 0 Å². The first-order valence-electron chi connectivity index (χ1n) is 6.35. The van der Waals surface area contributed by atoms with Crippen LogP contribution in [0.2, 0.25) is 0 Å². The van der Waals surface area contributed by atoms with Gasteiger partial charge in [0, 0.05) is 5.56 Å². The fraction of sp³-hybridized carbons (Fsp3) is 0.571. The standard InChI is InChI=1S/C14H24N2O2/c1-11-13(17-2)6-5-12(14(11)18-3)7-10-16-9-4-8-15/h5-6,16H,4,7-10,15H2,1-3H3. The number of ether oxygens (including phenoxy) is 2. The second-order valence-corrected chi connectivity index (χ2v) is 4.23. The molecule has 0 heterocycles. The Morgan fingerprint density at radius 3 is 2.56 bits per heavy atom. The zero-order chi connectivity index (χ0) is 13.4. The summed E-state index contributed by atoms with van der Waals surface area (Å²) in [6, 6.07) is 4.06. The van der Waals surface area contributed by atoms with Gasteiger partial charge in [0.15, 0.2) is 0 Å². The van der Waals surface area contributed by atoms with E-state index in [9.17, 15) is 0 Å². The summed E-state index contributed by atoms with van der Waals surface area (Å²) < 4.78 is 10.8. The number of benzene rings is 1. The molecule has 1 aromatic rings. The molecule has 0 aliphatic heterocycles. The van der Waals surface area contributed by atoms with Gasteiger partial charge in [-0.1, -0.05) is 6.07 Å². The maximum atomic E-state index is 5.47. The first-order chi connectivity index (χ1) is 8.74. The van der Waals surface area contributed by atoms with Gasteiger partial charge in [0.25, 0.3) is 0 Å². The molecule has 0 spiro atoms. The van der Waals surface area contributed by atoms with E-state index in [1.807, 2.05) is 13.0 Å². The van der Waals surface area contributed by atoms with Crippen molar-refractivity contribution in [1.82, 2.24) is 5.32 Å². The Kier molecular flexibility index (Phi) is 6.54. The van der Waals surface area contributed by atoms with Gasteiger partial charge in [-0.05, 0) is 51.0 Å². The minimum Gasteiger partial charge on any atom is -0.496 e. The highest BCUT2D eigenvalue weighted by atomic mass is 16.5. The van der Waals surface area contributed by atoms with E-state index in [1.54, 1.807) is 14.2 Å². The Balaban J connectivity index is 2.62. The molecule has 0 amide bonds. The summed E-state index contributed by atoms with van der Waals surface area (Å²) in [5.41, 5.74) is 7.71. The maximum absolute atomic E-state index is 5.47. The van der Waals surface area contributed by atoms with E-state index >= 15 is 0 Å². The summed E-state index contributed by atoms with van der Waals surface area (Å²) in [7, 11) is 3.38. The lowest BCUT2D eigenvalue weighted by atomic mass is 10.1. The number of nitrogens with one attached hydrogen (secondary N) is 1. The normalized spacial score (nSPS) is 10.4. The molecule has 0 bridgehead atoms. The van der Waals surface area contributed by atoms with E-state index in [0.29, 0.717) is 0 Å². The van der Waals surface area contributed by atoms with Crippen LogP contribution in [0, 0.1) is 6.92 Å². The molecule has 0 aliphatic carbocycles. The number of hydrogen-bond donors (Lipinski definition) is 2. The lowest BCUT2D eigenvalue weighted by Crippen LogP contribution is -2.21. The van der Waals surface area contributed by atoms with Crippen LogP contribution in [-0.2, 0) is 6.42 Å². The zero-order valence-electron chi connectivity index (χ0n) is 11.6. The predicted octanol–water partition coefficient (Wildman–Crippen LogP) is 1.49. The molecule has 0 saturated carbocycles. The van der Waals surface area contributed by atoms with Crippen molar-refractivity contribution < 1.29 is 9.47 Å². The number of rotatable bonds is 8. The van der Waals surface area contributed by atoms with Crippen molar-refractivity contribution in [3.63, 3.8) is 0 Å². The van der Waals surface area contributed by atoms with Crippen LogP contribution in [0.1, 0.15) is 17.5 Å². The van der Waals surface area contributed by atoms with Crippen molar-refractivity contribution in [2.75, 3.05) is 33.9 Å². The van der Waals surface area contributed by atoms with Crippen LogP contribution in [0.4, 0.5) is 0 Å². The average molecular weight is 252 g/mol. The molecule has 0 saturated heterocycles. The topological polar surface area (TPSA) is 56.5 Å². The summed E-state index contributed by atoms with van der Waals surface area (Å²) in [5.74, 6) is 1.79. The lowest BCUT2D eigenvalue weighted by molar-refractivity contribution is 0.385. The molecule has 0 fully saturated rings. The van der Waals surface area contributed by atoms with Crippen molar-refractivity contribution in [3.8, 4) is 11.5 Å². The summed E-state index contributed by atoms with van der Waals surface area (Å²) in [4.78, 5) is 0. The van der Waals surface area contributed by atoms with Gasteiger partial charge in [0.1, 0.15) is 11.5 Å². The van der Waals surface area contributed by atoms with Gasteiger partial charge < -0.3 is 20.5 Å². The summed E-state index contributed by atoms with van der Waals surface area (Å²) in [5, 5.41) is 3.37. The molecule has 0 radical (unpaired) electrons. The molecule has 4 nitrogen and oxygen atoms in total. The highest BCUT2D eigenvalue weighted by Crippen LogP contribution is 2.31. The first-order valence-corrected chi connectivity index (χ1v) is 6.35. The Morgan fingerprint density at radius 1 is 1.17 bits per heavy atom. The highest BCUT2D eigenvalue weighted by Gasteiger charge is 2.10. The lowest BCUT2D eigenvalue weighted by Gasteiger charge is -2.14. The Hall–Kier alpha value is -1.26. The van der Waals surface area contributed by atoms with Gasteiger partial charge in [-0.2, -0.15) is 0 Å². The summed E-state index contributed by atoms with van der Waals surface area (Å²) >= 11 is 0. The molecular formula is C14H24N2O2. The maximum Gasteiger partial charge on any atom is 0.128 e. The minimum atomic E-state index is 0.734. The van der Waals surface area contributed by atoms with Gasteiger partial charge in [-0.15, -0.1) is 0 Å². The van der Waals surface area contributed by atoms with E-state index in [1.165, 1.54) is 5.56 Å². The molecule has 18 heavy (non-hydrogen) atoms. The highest BCUT2D eigenvalue weighted by molar-refractivity contribution is 5.49. The molecule has 0 aromatic heterocycles. The zero-order valence-corrected chi connectivity index (χ0v) is 11.6. The number of hydrogen-bond acceptors (Lipinski definition) is 4. The smallest absolute Gasteiger partial charge is 0.128 e. The fourth-order valence-corrected chi connectivity index (χ4v) is 2.01. The molecule has 0 aliphatic rings. The van der Waals surface area contributed by atoms with Gasteiger partial charge in [-0.3, -0.25) is 0 Å². The van der Waals surface area contributed by atoms with E-state index < -0.39 is 0 Å². The number of nitrogens with two attached hydrogens (primary N) is 1. The van der Waals surface area contributed by atoms with Crippen molar-refractivity contribution in [2.24, 2.45) is 5.73 Å². The molecule has 1 aromatic carbocycles. The Labute approximate surface area is 109 Å². The molecular weight excluding hydrogens is 228 g/mol. The molecule has 102 valence electrons. The fourth-order valence-electron chi connectivity index (χ4n) is 2.01. The Morgan fingerprint density at radius 2 is 1.94 bits per heavy atom. The van der Waals surface area contributed by atoms with Crippen molar-refractivity contribution in [3.05, 3.63) is 23.3 Å². The van der Waals surface area contributed by atoms with E-state index in [-0.39, 0.29) is 0 Å².